The predicted molar refractivity (Wildman–Crippen MR) is 54.6 cm³/mol. The van der Waals surface area contributed by atoms with Crippen LogP contribution in [0.3, 0.4) is 0 Å². The van der Waals surface area contributed by atoms with E-state index in [2.05, 4.69) is 12.1 Å². The summed E-state index contributed by atoms with van der Waals surface area (Å²) >= 11 is 0. The summed E-state index contributed by atoms with van der Waals surface area (Å²) in [4.78, 5) is 16.3. The van der Waals surface area contributed by atoms with Gasteiger partial charge in [0, 0.05) is 0 Å². The summed E-state index contributed by atoms with van der Waals surface area (Å²) in [7, 11) is 0. The Bertz CT molecular complexity index is 196. The molecular weight excluding hydrogens is 182 g/mol. The summed E-state index contributed by atoms with van der Waals surface area (Å²) in [5.41, 5.74) is 2.09. The Hall–Kier alpha value is -0.870. The highest BCUT2D eigenvalue weighted by Crippen LogP contribution is 2.08. The van der Waals surface area contributed by atoms with E-state index >= 15 is 0 Å². The van der Waals surface area contributed by atoms with E-state index in [4.69, 9.17) is 9.57 Å². The lowest BCUT2D eigenvalue weighted by Crippen LogP contribution is -2.39. The molecule has 4 heteroatoms. The molecule has 0 bridgehead atoms. The molecule has 0 aliphatic rings. The van der Waals surface area contributed by atoms with Gasteiger partial charge in [0.2, 0.25) is 0 Å². The minimum absolute atomic E-state index is 0.332. The summed E-state index contributed by atoms with van der Waals surface area (Å²) in [6, 6.07) is -0.478. The number of carbonyl (C=O) groups is 1. The van der Waals surface area contributed by atoms with E-state index in [-0.39, 0.29) is 5.97 Å². The highest BCUT2D eigenvalue weighted by Gasteiger charge is 2.21. The first-order valence-corrected chi connectivity index (χ1v) is 4.58. The van der Waals surface area contributed by atoms with Crippen LogP contribution in [0.1, 0.15) is 27.7 Å². The minimum atomic E-state index is -0.478. The number of hydroxylamine groups is 1. The Labute approximate surface area is 85.2 Å². The normalized spacial score (nSPS) is 13.4. The molecule has 1 unspecified atom stereocenters. The van der Waals surface area contributed by atoms with E-state index in [9.17, 15) is 4.79 Å². The molecule has 0 heterocycles. The van der Waals surface area contributed by atoms with Crippen LogP contribution in [0.15, 0.2) is 12.7 Å². The van der Waals surface area contributed by atoms with Crippen molar-refractivity contribution in [1.82, 2.24) is 5.48 Å². The van der Waals surface area contributed by atoms with Gasteiger partial charge >= 0.3 is 5.97 Å². The van der Waals surface area contributed by atoms with Crippen LogP contribution in [-0.2, 0) is 14.4 Å². The first-order valence-electron chi connectivity index (χ1n) is 4.58. The summed E-state index contributed by atoms with van der Waals surface area (Å²) in [5, 5.41) is 0. The van der Waals surface area contributed by atoms with Gasteiger partial charge in [0.15, 0.2) is 0 Å². The number of nitrogens with one attached hydrogen (secondary N) is 1. The molecule has 4 nitrogen and oxygen atoms in total. The molecular formula is C10H19NO3. The van der Waals surface area contributed by atoms with Crippen LogP contribution in [0.5, 0.6) is 0 Å². The fourth-order valence-corrected chi connectivity index (χ4v) is 0.670. The number of rotatable bonds is 5. The van der Waals surface area contributed by atoms with Crippen molar-refractivity contribution in [2.75, 3.05) is 6.61 Å². The van der Waals surface area contributed by atoms with E-state index in [0.717, 1.165) is 0 Å². The van der Waals surface area contributed by atoms with E-state index in [1.807, 2.05) is 20.8 Å². The number of hydrogen-bond acceptors (Lipinski definition) is 4. The Morgan fingerprint density at radius 3 is 2.57 bits per heavy atom. The summed E-state index contributed by atoms with van der Waals surface area (Å²) in [6.45, 7) is 11.0. The maximum absolute atomic E-state index is 11.4. The summed E-state index contributed by atoms with van der Waals surface area (Å²) in [6.07, 6.45) is 1.59. The van der Waals surface area contributed by atoms with Crippen LogP contribution in [0.2, 0.25) is 0 Å². The smallest absolute Gasteiger partial charge is 0.325 e. The van der Waals surface area contributed by atoms with E-state index < -0.39 is 11.6 Å². The number of hydrogen-bond donors (Lipinski definition) is 1. The molecule has 0 radical (unpaired) electrons. The molecule has 0 spiro atoms. The molecule has 1 N–H and O–H groups in total. The first kappa shape index (κ1) is 13.1. The summed E-state index contributed by atoms with van der Waals surface area (Å²) in [5.74, 6) is -0.332. The monoisotopic (exact) mass is 201 g/mol. The molecule has 0 aliphatic heterocycles. The molecule has 0 aromatic rings. The van der Waals surface area contributed by atoms with E-state index in [1.165, 1.54) is 0 Å². The highest BCUT2D eigenvalue weighted by atomic mass is 16.6. The maximum Gasteiger partial charge on any atom is 0.325 e. The third-order valence-corrected chi connectivity index (χ3v) is 1.22. The number of ether oxygens (including phenoxy) is 1. The van der Waals surface area contributed by atoms with Gasteiger partial charge in [0.05, 0.1) is 6.61 Å². The second kappa shape index (κ2) is 5.78. The molecule has 0 saturated carbocycles. The van der Waals surface area contributed by atoms with Crippen molar-refractivity contribution in [3.8, 4) is 0 Å². The number of carbonyl (C=O) groups excluding carboxylic acids is 1. The fourth-order valence-electron chi connectivity index (χ4n) is 0.670. The third kappa shape index (κ3) is 6.62. The molecule has 1 atom stereocenters. The fraction of sp³-hybridized carbons (Fsp3) is 0.700. The lowest BCUT2D eigenvalue weighted by Gasteiger charge is -2.22. The molecule has 14 heavy (non-hydrogen) atoms. The van der Waals surface area contributed by atoms with Gasteiger partial charge in [-0.05, 0) is 27.7 Å². The molecule has 82 valence electrons. The van der Waals surface area contributed by atoms with Crippen molar-refractivity contribution in [2.45, 2.75) is 39.3 Å². The average Bonchev–Trinajstić information content (AvgIpc) is 2.01. The molecule has 0 aromatic carbocycles. The average molecular weight is 201 g/mol. The van der Waals surface area contributed by atoms with Crippen molar-refractivity contribution in [2.24, 2.45) is 0 Å². The first-order chi connectivity index (χ1) is 6.37. The molecule has 0 fully saturated rings. The maximum atomic E-state index is 11.4. The van der Waals surface area contributed by atoms with Crippen molar-refractivity contribution in [1.29, 1.82) is 0 Å². The largest absolute Gasteiger partial charge is 0.459 e. The van der Waals surface area contributed by atoms with Gasteiger partial charge in [0.1, 0.15) is 11.6 Å². The Balaban J connectivity index is 3.82. The Morgan fingerprint density at radius 2 is 2.14 bits per heavy atom. The Kier molecular flexibility index (Phi) is 5.42. The zero-order valence-corrected chi connectivity index (χ0v) is 9.29. The molecule has 0 saturated heterocycles. The van der Waals surface area contributed by atoms with Gasteiger partial charge in [0.25, 0.3) is 0 Å². The SMILES string of the molecule is C=CCONC(C)C(=O)OC(C)(C)C. The Morgan fingerprint density at radius 1 is 1.57 bits per heavy atom. The van der Waals surface area contributed by atoms with E-state index in [1.54, 1.807) is 13.0 Å². The van der Waals surface area contributed by atoms with E-state index in [0.29, 0.717) is 6.61 Å². The zero-order valence-electron chi connectivity index (χ0n) is 9.29. The van der Waals surface area contributed by atoms with Crippen LogP contribution in [0.4, 0.5) is 0 Å². The lowest BCUT2D eigenvalue weighted by atomic mass is 10.2. The summed E-state index contributed by atoms with van der Waals surface area (Å²) < 4.78 is 5.12. The van der Waals surface area contributed by atoms with Gasteiger partial charge in [-0.15, -0.1) is 6.58 Å². The van der Waals surface area contributed by atoms with Crippen molar-refractivity contribution in [3.05, 3.63) is 12.7 Å². The van der Waals surface area contributed by atoms with Crippen LogP contribution in [-0.4, -0.2) is 24.2 Å². The highest BCUT2D eigenvalue weighted by molar-refractivity contribution is 5.75. The quantitative estimate of drug-likeness (QED) is 0.316. The van der Waals surface area contributed by atoms with Crippen LogP contribution < -0.4 is 5.48 Å². The minimum Gasteiger partial charge on any atom is -0.459 e. The van der Waals surface area contributed by atoms with Crippen molar-refractivity contribution < 1.29 is 14.4 Å². The van der Waals surface area contributed by atoms with Gasteiger partial charge in [-0.1, -0.05) is 6.08 Å². The zero-order chi connectivity index (χ0) is 11.2. The second-order valence-electron chi connectivity index (χ2n) is 3.97. The molecule has 0 aliphatic carbocycles. The lowest BCUT2D eigenvalue weighted by molar-refractivity contribution is -0.160. The van der Waals surface area contributed by atoms with Gasteiger partial charge in [-0.2, -0.15) is 5.48 Å². The molecule has 0 amide bonds. The van der Waals surface area contributed by atoms with Gasteiger partial charge in [-0.25, -0.2) is 0 Å². The van der Waals surface area contributed by atoms with Gasteiger partial charge in [-0.3, -0.25) is 9.63 Å². The van der Waals surface area contributed by atoms with Crippen molar-refractivity contribution in [3.63, 3.8) is 0 Å². The third-order valence-electron chi connectivity index (χ3n) is 1.22. The predicted octanol–water partition coefficient (Wildman–Crippen LogP) is 1.42. The standard InChI is InChI=1S/C10H19NO3/c1-6-7-13-11-8(2)9(12)14-10(3,4)5/h6,8,11H,1,7H2,2-5H3. The van der Waals surface area contributed by atoms with Crippen molar-refractivity contribution >= 4 is 5.97 Å². The van der Waals surface area contributed by atoms with Crippen LogP contribution in [0, 0.1) is 0 Å². The molecule has 0 rings (SSSR count). The topological polar surface area (TPSA) is 47.6 Å². The van der Waals surface area contributed by atoms with Gasteiger partial charge < -0.3 is 4.74 Å². The number of esters is 1. The van der Waals surface area contributed by atoms with Crippen LogP contribution in [0.25, 0.3) is 0 Å². The molecule has 0 aromatic heterocycles. The van der Waals surface area contributed by atoms with Crippen LogP contribution >= 0.6 is 0 Å². The second-order valence-corrected chi connectivity index (χ2v) is 3.97.